The zero-order valence-electron chi connectivity index (χ0n) is 15.4. The van der Waals surface area contributed by atoms with E-state index in [0.717, 1.165) is 44.8 Å². The number of carbonyl (C=O) groups is 1. The Hall–Kier alpha value is -1.63. The van der Waals surface area contributed by atoms with Crippen LogP contribution in [0.4, 0.5) is 0 Å². The van der Waals surface area contributed by atoms with Gasteiger partial charge in [0.1, 0.15) is 5.75 Å². The van der Waals surface area contributed by atoms with Crippen LogP contribution in [0.15, 0.2) is 24.3 Å². The number of carbonyl (C=O) groups excluding carboxylic acids is 1. The number of benzene rings is 1. The Balaban J connectivity index is 1.60. The summed E-state index contributed by atoms with van der Waals surface area (Å²) in [6.45, 7) is 5.61. The van der Waals surface area contributed by atoms with E-state index in [1.54, 1.807) is 14.2 Å². The molecule has 2 rings (SSSR count). The van der Waals surface area contributed by atoms with E-state index >= 15 is 0 Å². The minimum Gasteiger partial charge on any atom is -0.497 e. The van der Waals surface area contributed by atoms with Gasteiger partial charge in [0.2, 0.25) is 5.91 Å². The first kappa shape index (κ1) is 19.7. The van der Waals surface area contributed by atoms with Gasteiger partial charge in [-0.1, -0.05) is 12.1 Å². The molecular weight excluding hydrogens is 318 g/mol. The molecule has 1 heterocycles. The Labute approximate surface area is 150 Å². The Morgan fingerprint density at radius 2 is 1.92 bits per heavy atom. The molecule has 0 unspecified atom stereocenters. The van der Waals surface area contributed by atoms with Crippen LogP contribution < -0.4 is 15.4 Å². The second kappa shape index (κ2) is 11.1. The third-order valence-electron chi connectivity index (χ3n) is 4.63. The van der Waals surface area contributed by atoms with Gasteiger partial charge in [-0.2, -0.15) is 0 Å². The summed E-state index contributed by atoms with van der Waals surface area (Å²) in [5, 5.41) is 6.09. The normalized spacial score (nSPS) is 15.9. The first-order valence-corrected chi connectivity index (χ1v) is 9.03. The molecule has 6 nitrogen and oxygen atoms in total. The van der Waals surface area contributed by atoms with E-state index in [4.69, 9.17) is 9.47 Å². The summed E-state index contributed by atoms with van der Waals surface area (Å²) in [7, 11) is 3.34. The molecule has 6 heteroatoms. The Morgan fingerprint density at radius 3 is 2.56 bits per heavy atom. The van der Waals surface area contributed by atoms with Crippen LogP contribution in [0.1, 0.15) is 18.4 Å². The highest BCUT2D eigenvalue weighted by Crippen LogP contribution is 2.19. The van der Waals surface area contributed by atoms with Crippen LogP contribution in [0, 0.1) is 5.92 Å². The molecule has 140 valence electrons. The monoisotopic (exact) mass is 349 g/mol. The summed E-state index contributed by atoms with van der Waals surface area (Å²) in [5.74, 6) is 1.54. The Bertz CT molecular complexity index is 499. The summed E-state index contributed by atoms with van der Waals surface area (Å²) in [6.07, 6.45) is 2.26. The van der Waals surface area contributed by atoms with Crippen LogP contribution in [0.3, 0.4) is 0 Å². The molecule has 1 fully saturated rings. The number of rotatable bonds is 10. The molecule has 2 N–H and O–H groups in total. The van der Waals surface area contributed by atoms with E-state index in [1.165, 1.54) is 5.56 Å². The van der Waals surface area contributed by atoms with Crippen molar-refractivity contribution in [2.45, 2.75) is 19.4 Å². The zero-order valence-corrected chi connectivity index (χ0v) is 15.4. The maximum absolute atomic E-state index is 11.8. The van der Waals surface area contributed by atoms with Crippen LogP contribution in [-0.2, 0) is 16.1 Å². The van der Waals surface area contributed by atoms with Crippen molar-refractivity contribution in [1.82, 2.24) is 15.5 Å². The highest BCUT2D eigenvalue weighted by atomic mass is 16.5. The molecule has 1 aromatic rings. The van der Waals surface area contributed by atoms with Crippen LogP contribution >= 0.6 is 0 Å². The SMILES string of the molecule is COCCNCC(=O)NCC1CCN(Cc2ccc(OC)cc2)CC1. The number of hydrogen-bond acceptors (Lipinski definition) is 5. The lowest BCUT2D eigenvalue weighted by Crippen LogP contribution is -2.41. The van der Waals surface area contributed by atoms with Gasteiger partial charge in [0.25, 0.3) is 0 Å². The predicted molar refractivity (Wildman–Crippen MR) is 98.8 cm³/mol. The number of likely N-dealkylation sites (tertiary alicyclic amines) is 1. The largest absolute Gasteiger partial charge is 0.497 e. The van der Waals surface area contributed by atoms with Gasteiger partial charge in [0, 0.05) is 26.7 Å². The van der Waals surface area contributed by atoms with Gasteiger partial charge in [-0.3, -0.25) is 9.69 Å². The topological polar surface area (TPSA) is 62.8 Å². The number of amides is 1. The van der Waals surface area contributed by atoms with E-state index in [1.807, 2.05) is 12.1 Å². The second-order valence-electron chi connectivity index (χ2n) is 6.54. The van der Waals surface area contributed by atoms with Gasteiger partial charge in [0.05, 0.1) is 20.3 Å². The molecule has 1 amide bonds. The standard InChI is InChI=1S/C19H31N3O3/c1-24-12-9-20-14-19(23)21-13-16-7-10-22(11-8-16)15-17-3-5-18(25-2)6-4-17/h3-6,16,20H,7-15H2,1-2H3,(H,21,23). The van der Waals surface area contributed by atoms with Crippen molar-refractivity contribution in [3.63, 3.8) is 0 Å². The fourth-order valence-corrected chi connectivity index (χ4v) is 3.03. The van der Waals surface area contributed by atoms with Gasteiger partial charge in [0.15, 0.2) is 0 Å². The van der Waals surface area contributed by atoms with Gasteiger partial charge in [-0.15, -0.1) is 0 Å². The third kappa shape index (κ3) is 7.42. The summed E-state index contributed by atoms with van der Waals surface area (Å²) in [5.41, 5.74) is 1.31. The van der Waals surface area contributed by atoms with Crippen molar-refractivity contribution < 1.29 is 14.3 Å². The quantitative estimate of drug-likeness (QED) is 0.623. The molecule has 0 spiro atoms. The summed E-state index contributed by atoms with van der Waals surface area (Å²) >= 11 is 0. The average molecular weight is 349 g/mol. The van der Waals surface area contributed by atoms with E-state index < -0.39 is 0 Å². The van der Waals surface area contributed by atoms with Gasteiger partial charge >= 0.3 is 0 Å². The number of nitrogens with zero attached hydrogens (tertiary/aromatic N) is 1. The second-order valence-corrected chi connectivity index (χ2v) is 6.54. The van der Waals surface area contributed by atoms with E-state index in [0.29, 0.717) is 25.6 Å². The molecule has 1 aliphatic heterocycles. The fraction of sp³-hybridized carbons (Fsp3) is 0.632. The first-order valence-electron chi connectivity index (χ1n) is 9.03. The maximum Gasteiger partial charge on any atom is 0.233 e. The van der Waals surface area contributed by atoms with Crippen molar-refractivity contribution in [3.05, 3.63) is 29.8 Å². The average Bonchev–Trinajstić information content (AvgIpc) is 2.65. The van der Waals surface area contributed by atoms with Crippen molar-refractivity contribution in [1.29, 1.82) is 0 Å². The maximum atomic E-state index is 11.8. The number of ether oxygens (including phenoxy) is 2. The highest BCUT2D eigenvalue weighted by molar-refractivity contribution is 5.77. The molecule has 0 bridgehead atoms. The zero-order chi connectivity index (χ0) is 17.9. The fourth-order valence-electron chi connectivity index (χ4n) is 3.03. The lowest BCUT2D eigenvalue weighted by atomic mass is 9.96. The predicted octanol–water partition coefficient (Wildman–Crippen LogP) is 1.26. The molecule has 0 aromatic heterocycles. The molecule has 0 radical (unpaired) electrons. The van der Waals surface area contributed by atoms with E-state index in [-0.39, 0.29) is 5.91 Å². The Kier molecular flexibility index (Phi) is 8.72. The van der Waals surface area contributed by atoms with Gasteiger partial charge in [-0.05, 0) is 49.5 Å². The van der Waals surface area contributed by atoms with Gasteiger partial charge in [-0.25, -0.2) is 0 Å². The lowest BCUT2D eigenvalue weighted by molar-refractivity contribution is -0.120. The van der Waals surface area contributed by atoms with Crippen molar-refractivity contribution >= 4 is 5.91 Å². The number of nitrogens with one attached hydrogen (secondary N) is 2. The minimum absolute atomic E-state index is 0.0664. The van der Waals surface area contributed by atoms with Crippen LogP contribution in [0.2, 0.25) is 0 Å². The molecular formula is C19H31N3O3. The number of hydrogen-bond donors (Lipinski definition) is 2. The van der Waals surface area contributed by atoms with E-state index in [9.17, 15) is 4.79 Å². The number of methoxy groups -OCH3 is 2. The molecule has 0 atom stereocenters. The third-order valence-corrected chi connectivity index (χ3v) is 4.63. The molecule has 1 aromatic carbocycles. The van der Waals surface area contributed by atoms with Crippen LogP contribution in [0.5, 0.6) is 5.75 Å². The summed E-state index contributed by atoms with van der Waals surface area (Å²) in [4.78, 5) is 14.3. The minimum atomic E-state index is 0.0664. The molecule has 25 heavy (non-hydrogen) atoms. The van der Waals surface area contributed by atoms with Crippen LogP contribution in [0.25, 0.3) is 0 Å². The molecule has 0 aliphatic carbocycles. The molecule has 1 saturated heterocycles. The van der Waals surface area contributed by atoms with Crippen molar-refractivity contribution in [2.24, 2.45) is 5.92 Å². The molecule has 1 aliphatic rings. The highest BCUT2D eigenvalue weighted by Gasteiger charge is 2.19. The smallest absolute Gasteiger partial charge is 0.233 e. The van der Waals surface area contributed by atoms with E-state index in [2.05, 4.69) is 27.7 Å². The lowest BCUT2D eigenvalue weighted by Gasteiger charge is -2.32. The molecule has 0 saturated carbocycles. The van der Waals surface area contributed by atoms with Crippen molar-refractivity contribution in [2.75, 3.05) is 53.6 Å². The number of piperidine rings is 1. The van der Waals surface area contributed by atoms with Gasteiger partial charge < -0.3 is 20.1 Å². The van der Waals surface area contributed by atoms with Crippen molar-refractivity contribution in [3.8, 4) is 5.75 Å². The van der Waals surface area contributed by atoms with Crippen LogP contribution in [-0.4, -0.2) is 64.4 Å². The first-order chi connectivity index (χ1) is 12.2. The summed E-state index contributed by atoms with van der Waals surface area (Å²) in [6, 6.07) is 8.28. The summed E-state index contributed by atoms with van der Waals surface area (Å²) < 4.78 is 10.1. The Morgan fingerprint density at radius 1 is 1.20 bits per heavy atom.